The number of carboxylic acid groups (broad SMARTS) is 1. The van der Waals surface area contributed by atoms with E-state index in [0.29, 0.717) is 4.88 Å². The van der Waals surface area contributed by atoms with Gasteiger partial charge in [-0.15, -0.1) is 11.3 Å². The number of rotatable bonds is 3. The topological polar surface area (TPSA) is 60.9 Å². The molecular formula is C13H18N2O3S. The average molecular weight is 282 g/mol. The predicted molar refractivity (Wildman–Crippen MR) is 73.9 cm³/mol. The Hall–Kier alpha value is -1.40. The summed E-state index contributed by atoms with van der Waals surface area (Å²) in [5.74, 6) is -1.06. The maximum absolute atomic E-state index is 12.3. The van der Waals surface area contributed by atoms with Crippen LogP contribution in [0.25, 0.3) is 0 Å². The number of hydrogen-bond donors (Lipinski definition) is 1. The Kier molecular flexibility index (Phi) is 4.21. The van der Waals surface area contributed by atoms with E-state index < -0.39 is 5.97 Å². The molecule has 0 bridgehead atoms. The van der Waals surface area contributed by atoms with Crippen LogP contribution in [0.2, 0.25) is 0 Å². The summed E-state index contributed by atoms with van der Waals surface area (Å²) in [4.78, 5) is 27.8. The lowest BCUT2D eigenvalue weighted by molar-refractivity contribution is 0.0663. The Bertz CT molecular complexity index is 478. The van der Waals surface area contributed by atoms with E-state index in [1.807, 2.05) is 0 Å². The Labute approximate surface area is 116 Å². The van der Waals surface area contributed by atoms with Gasteiger partial charge in [-0.3, -0.25) is 4.79 Å². The van der Waals surface area contributed by atoms with Gasteiger partial charge in [0.25, 0.3) is 5.91 Å². The standard InChI is InChI=1S/C13H18N2O3S/c1-14-7-5-9(6-8-14)15(2)12(16)10-3-4-11(19-10)13(17)18/h3-4,9H,5-8H2,1-2H3,(H,17,18). The van der Waals surface area contributed by atoms with Gasteiger partial charge < -0.3 is 14.9 Å². The smallest absolute Gasteiger partial charge is 0.345 e. The molecule has 1 aromatic rings. The molecule has 1 aliphatic heterocycles. The van der Waals surface area contributed by atoms with E-state index in [9.17, 15) is 9.59 Å². The van der Waals surface area contributed by atoms with Crippen molar-refractivity contribution in [1.82, 2.24) is 9.80 Å². The molecule has 2 rings (SSSR count). The Morgan fingerprint density at radius 3 is 2.42 bits per heavy atom. The Morgan fingerprint density at radius 1 is 1.32 bits per heavy atom. The summed E-state index contributed by atoms with van der Waals surface area (Å²) in [5.41, 5.74) is 0. The van der Waals surface area contributed by atoms with Crippen molar-refractivity contribution in [3.8, 4) is 0 Å². The lowest BCUT2D eigenvalue weighted by Gasteiger charge is -2.34. The summed E-state index contributed by atoms with van der Waals surface area (Å²) < 4.78 is 0. The van der Waals surface area contributed by atoms with E-state index >= 15 is 0 Å². The number of amides is 1. The van der Waals surface area contributed by atoms with Crippen LogP contribution < -0.4 is 0 Å². The highest BCUT2D eigenvalue weighted by Gasteiger charge is 2.25. The van der Waals surface area contributed by atoms with Crippen molar-refractivity contribution < 1.29 is 14.7 Å². The quantitative estimate of drug-likeness (QED) is 0.915. The van der Waals surface area contributed by atoms with Gasteiger partial charge in [0.1, 0.15) is 4.88 Å². The largest absolute Gasteiger partial charge is 0.477 e. The molecule has 1 saturated heterocycles. The minimum Gasteiger partial charge on any atom is -0.477 e. The third-order valence-electron chi connectivity index (χ3n) is 3.58. The SMILES string of the molecule is CN1CCC(N(C)C(=O)c2ccc(C(=O)O)s2)CC1. The molecule has 0 unspecified atom stereocenters. The van der Waals surface area contributed by atoms with Crippen molar-refractivity contribution >= 4 is 23.2 Å². The molecule has 0 aromatic carbocycles. The first-order chi connectivity index (χ1) is 8.99. The zero-order valence-electron chi connectivity index (χ0n) is 11.1. The van der Waals surface area contributed by atoms with Crippen LogP contribution in [0, 0.1) is 0 Å². The first kappa shape index (κ1) is 14.0. The fraction of sp³-hybridized carbons (Fsp3) is 0.538. The summed E-state index contributed by atoms with van der Waals surface area (Å²) in [6, 6.07) is 3.34. The van der Waals surface area contributed by atoms with Crippen LogP contribution >= 0.6 is 11.3 Å². The molecule has 0 spiro atoms. The molecule has 6 heteroatoms. The third kappa shape index (κ3) is 3.13. The van der Waals surface area contributed by atoms with Crippen molar-refractivity contribution in [2.45, 2.75) is 18.9 Å². The van der Waals surface area contributed by atoms with Crippen molar-refractivity contribution in [3.63, 3.8) is 0 Å². The average Bonchev–Trinajstić information content (AvgIpc) is 2.87. The molecule has 0 atom stereocenters. The van der Waals surface area contributed by atoms with Gasteiger partial charge in [0.15, 0.2) is 0 Å². The van der Waals surface area contributed by atoms with E-state index in [0.717, 1.165) is 37.3 Å². The zero-order valence-corrected chi connectivity index (χ0v) is 11.9. The van der Waals surface area contributed by atoms with Crippen LogP contribution in [0.3, 0.4) is 0 Å². The second-order valence-corrected chi connectivity index (χ2v) is 6.00. The zero-order chi connectivity index (χ0) is 14.0. The summed E-state index contributed by atoms with van der Waals surface area (Å²) in [5, 5.41) is 8.88. The molecular weight excluding hydrogens is 264 g/mol. The normalized spacial score (nSPS) is 17.4. The van der Waals surface area contributed by atoms with E-state index in [2.05, 4.69) is 11.9 Å². The third-order valence-corrected chi connectivity index (χ3v) is 4.64. The van der Waals surface area contributed by atoms with E-state index in [1.165, 1.54) is 6.07 Å². The highest BCUT2D eigenvalue weighted by molar-refractivity contribution is 7.15. The molecule has 5 nitrogen and oxygen atoms in total. The minimum atomic E-state index is -0.981. The van der Waals surface area contributed by atoms with Gasteiger partial charge >= 0.3 is 5.97 Å². The highest BCUT2D eigenvalue weighted by atomic mass is 32.1. The fourth-order valence-corrected chi connectivity index (χ4v) is 3.12. The lowest BCUT2D eigenvalue weighted by atomic mass is 10.0. The number of hydrogen-bond acceptors (Lipinski definition) is 4. The summed E-state index contributed by atoms with van der Waals surface area (Å²) >= 11 is 1.04. The fourth-order valence-electron chi connectivity index (χ4n) is 2.29. The molecule has 1 aromatic heterocycles. The van der Waals surface area contributed by atoms with E-state index in [1.54, 1.807) is 18.0 Å². The number of carbonyl (C=O) groups is 2. The summed E-state index contributed by atoms with van der Waals surface area (Å²) in [6.07, 6.45) is 1.94. The van der Waals surface area contributed by atoms with Gasteiger partial charge in [-0.1, -0.05) is 0 Å². The Balaban J connectivity index is 2.03. The monoisotopic (exact) mass is 282 g/mol. The van der Waals surface area contributed by atoms with E-state index in [-0.39, 0.29) is 16.8 Å². The summed E-state index contributed by atoms with van der Waals surface area (Å²) in [6.45, 7) is 1.99. The predicted octanol–water partition coefficient (Wildman–Crippen LogP) is 1.61. The number of nitrogens with zero attached hydrogens (tertiary/aromatic N) is 2. The molecule has 2 heterocycles. The van der Waals surface area contributed by atoms with Gasteiger partial charge in [0.05, 0.1) is 4.88 Å². The van der Waals surface area contributed by atoms with Crippen LogP contribution in [0.5, 0.6) is 0 Å². The first-order valence-electron chi connectivity index (χ1n) is 6.28. The first-order valence-corrected chi connectivity index (χ1v) is 7.09. The van der Waals surface area contributed by atoms with Crippen molar-refractivity contribution in [2.24, 2.45) is 0 Å². The molecule has 104 valence electrons. The second-order valence-electron chi connectivity index (χ2n) is 4.92. The van der Waals surface area contributed by atoms with Crippen molar-refractivity contribution in [3.05, 3.63) is 21.9 Å². The number of likely N-dealkylation sites (tertiary alicyclic amines) is 1. The summed E-state index contributed by atoms with van der Waals surface area (Å²) in [7, 11) is 3.88. The molecule has 19 heavy (non-hydrogen) atoms. The van der Waals surface area contributed by atoms with Crippen LogP contribution in [-0.2, 0) is 0 Å². The Morgan fingerprint density at radius 2 is 1.89 bits per heavy atom. The molecule has 1 aliphatic rings. The molecule has 0 saturated carbocycles. The number of carboxylic acids is 1. The van der Waals surface area contributed by atoms with Crippen molar-refractivity contribution in [1.29, 1.82) is 0 Å². The van der Waals surface area contributed by atoms with Gasteiger partial charge in [-0.2, -0.15) is 0 Å². The molecule has 1 fully saturated rings. The number of piperidine rings is 1. The van der Waals surface area contributed by atoms with Crippen LogP contribution in [0.15, 0.2) is 12.1 Å². The maximum Gasteiger partial charge on any atom is 0.345 e. The van der Waals surface area contributed by atoms with Crippen LogP contribution in [-0.4, -0.2) is 60.0 Å². The lowest BCUT2D eigenvalue weighted by Crippen LogP contribution is -2.44. The molecule has 1 N–H and O–H groups in total. The molecule has 0 radical (unpaired) electrons. The molecule has 1 amide bonds. The number of carbonyl (C=O) groups excluding carboxylic acids is 1. The van der Waals surface area contributed by atoms with Crippen LogP contribution in [0.4, 0.5) is 0 Å². The van der Waals surface area contributed by atoms with Gasteiger partial charge in [0.2, 0.25) is 0 Å². The number of thiophene rings is 1. The van der Waals surface area contributed by atoms with Gasteiger partial charge in [-0.05, 0) is 45.1 Å². The highest BCUT2D eigenvalue weighted by Crippen LogP contribution is 2.21. The van der Waals surface area contributed by atoms with Crippen molar-refractivity contribution in [2.75, 3.05) is 27.2 Å². The minimum absolute atomic E-state index is 0.0768. The van der Waals surface area contributed by atoms with E-state index in [4.69, 9.17) is 5.11 Å². The van der Waals surface area contributed by atoms with Crippen LogP contribution in [0.1, 0.15) is 32.2 Å². The second kappa shape index (κ2) is 5.71. The molecule has 0 aliphatic carbocycles. The maximum atomic E-state index is 12.3. The van der Waals surface area contributed by atoms with Gasteiger partial charge in [-0.25, -0.2) is 4.79 Å². The van der Waals surface area contributed by atoms with Gasteiger partial charge in [0, 0.05) is 13.1 Å². The number of aromatic carboxylic acids is 1.